The molecule has 20 heavy (non-hydrogen) atoms. The molecule has 1 aliphatic rings. The van der Waals surface area contributed by atoms with Gasteiger partial charge in [-0.1, -0.05) is 76.6 Å². The topological polar surface area (TPSA) is 12.5 Å². The summed E-state index contributed by atoms with van der Waals surface area (Å²) in [5, 5.41) is 0. The van der Waals surface area contributed by atoms with E-state index in [9.17, 15) is 0 Å². The Balaban J connectivity index is 1.88. The fraction of sp³-hybridized carbons (Fsp3) is 0.789. The number of unbranched alkanes of at least 4 members (excludes halogenated alkanes) is 6. The van der Waals surface area contributed by atoms with Gasteiger partial charge in [0.15, 0.2) is 0 Å². The molecule has 0 aliphatic carbocycles. The fourth-order valence-electron chi connectivity index (χ4n) is 2.38. The Hall–Kier alpha value is -0.920. The van der Waals surface area contributed by atoms with Gasteiger partial charge in [-0.2, -0.15) is 0 Å². The van der Waals surface area contributed by atoms with Crippen molar-refractivity contribution in [3.05, 3.63) is 0 Å². The largest absolute Gasteiger partial charge is 0.369 e. The van der Waals surface area contributed by atoms with Crippen LogP contribution >= 0.6 is 0 Å². The van der Waals surface area contributed by atoms with Crippen LogP contribution in [-0.4, -0.2) is 12.2 Å². The van der Waals surface area contributed by atoms with Crippen LogP contribution in [0.15, 0.2) is 0 Å². The van der Waals surface area contributed by atoms with Crippen molar-refractivity contribution in [2.24, 2.45) is 0 Å². The maximum Gasteiger partial charge on any atom is 0.0950 e. The molecule has 0 aromatic heterocycles. The zero-order valence-corrected chi connectivity index (χ0v) is 13.3. The quantitative estimate of drug-likeness (QED) is 0.324. The van der Waals surface area contributed by atoms with Crippen LogP contribution in [0, 0.1) is 23.7 Å². The molecule has 1 fully saturated rings. The fourth-order valence-corrected chi connectivity index (χ4v) is 2.38. The molecule has 0 aromatic carbocycles. The van der Waals surface area contributed by atoms with Gasteiger partial charge in [0.25, 0.3) is 0 Å². The normalized spacial score (nSPS) is 19.7. The van der Waals surface area contributed by atoms with E-state index in [0.29, 0.717) is 18.6 Å². The van der Waals surface area contributed by atoms with Crippen LogP contribution in [0.25, 0.3) is 0 Å². The molecule has 0 saturated carbocycles. The Bertz CT molecular complexity index is 349. The Morgan fingerprint density at radius 3 is 2.20 bits per heavy atom. The molecular formula is C19H30O. The van der Waals surface area contributed by atoms with Gasteiger partial charge in [-0.25, -0.2) is 0 Å². The van der Waals surface area contributed by atoms with E-state index < -0.39 is 0 Å². The lowest BCUT2D eigenvalue weighted by atomic mass is 10.1. The van der Waals surface area contributed by atoms with Crippen LogP contribution < -0.4 is 0 Å². The molecule has 1 saturated heterocycles. The van der Waals surface area contributed by atoms with E-state index in [2.05, 4.69) is 37.5 Å². The predicted molar refractivity (Wildman–Crippen MR) is 86.3 cm³/mol. The standard InChI is InChI=1S/C19H30O/c1-3-5-7-9-11-13-15-17-19-18(20-19)16-14-12-10-8-6-4-2/h18-19H,3-5,7,9-11,13,15-17H2,1-2H3/t18-,19+/m0/s1. The third kappa shape index (κ3) is 9.06. The molecule has 0 amide bonds. The summed E-state index contributed by atoms with van der Waals surface area (Å²) < 4.78 is 5.65. The number of rotatable bonds is 9. The van der Waals surface area contributed by atoms with Gasteiger partial charge in [-0.3, -0.25) is 0 Å². The van der Waals surface area contributed by atoms with Crippen molar-refractivity contribution < 1.29 is 4.74 Å². The number of hydrogen-bond acceptors (Lipinski definition) is 1. The molecule has 0 bridgehead atoms. The predicted octanol–water partition coefficient (Wildman–Crippen LogP) is 5.09. The average molecular weight is 274 g/mol. The third-order valence-electron chi connectivity index (χ3n) is 3.69. The van der Waals surface area contributed by atoms with Crippen molar-refractivity contribution in [1.82, 2.24) is 0 Å². The molecular weight excluding hydrogens is 244 g/mol. The number of hydrogen-bond donors (Lipinski definition) is 0. The van der Waals surface area contributed by atoms with E-state index in [1.165, 1.54) is 51.4 Å². The van der Waals surface area contributed by atoms with Gasteiger partial charge in [-0.15, -0.1) is 5.92 Å². The number of ether oxygens (including phenoxy) is 1. The highest BCUT2D eigenvalue weighted by Gasteiger charge is 2.36. The van der Waals surface area contributed by atoms with Crippen LogP contribution in [0.3, 0.4) is 0 Å². The first-order chi connectivity index (χ1) is 9.88. The highest BCUT2D eigenvalue weighted by Crippen LogP contribution is 2.29. The SMILES string of the molecule is CCC#CCC#CC[C@@H]1O[C@@H]1CCCCCCCCC. The molecule has 1 heterocycles. The van der Waals surface area contributed by atoms with Gasteiger partial charge in [0, 0.05) is 12.8 Å². The molecule has 0 radical (unpaired) electrons. The van der Waals surface area contributed by atoms with Gasteiger partial charge >= 0.3 is 0 Å². The van der Waals surface area contributed by atoms with E-state index >= 15 is 0 Å². The van der Waals surface area contributed by atoms with Crippen LogP contribution in [0.5, 0.6) is 0 Å². The van der Waals surface area contributed by atoms with Gasteiger partial charge in [0.1, 0.15) is 0 Å². The van der Waals surface area contributed by atoms with E-state index in [1.807, 2.05) is 0 Å². The van der Waals surface area contributed by atoms with E-state index in [1.54, 1.807) is 0 Å². The lowest BCUT2D eigenvalue weighted by Crippen LogP contribution is -1.93. The Morgan fingerprint density at radius 2 is 1.45 bits per heavy atom. The summed E-state index contributed by atoms with van der Waals surface area (Å²) in [4.78, 5) is 0. The average Bonchev–Trinajstić information content (AvgIpc) is 3.20. The summed E-state index contributed by atoms with van der Waals surface area (Å²) in [6, 6.07) is 0. The third-order valence-corrected chi connectivity index (χ3v) is 3.69. The lowest BCUT2D eigenvalue weighted by molar-refractivity contribution is 0.359. The van der Waals surface area contributed by atoms with Crippen molar-refractivity contribution in [2.75, 3.05) is 0 Å². The zero-order valence-electron chi connectivity index (χ0n) is 13.3. The maximum atomic E-state index is 5.65. The summed E-state index contributed by atoms with van der Waals surface area (Å²) >= 11 is 0. The molecule has 0 unspecified atom stereocenters. The van der Waals surface area contributed by atoms with Crippen molar-refractivity contribution in [2.45, 2.75) is 96.7 Å². The van der Waals surface area contributed by atoms with Crippen molar-refractivity contribution in [3.8, 4) is 23.7 Å². The molecule has 1 rings (SSSR count). The second kappa shape index (κ2) is 11.9. The van der Waals surface area contributed by atoms with E-state index in [-0.39, 0.29) is 0 Å². The monoisotopic (exact) mass is 274 g/mol. The van der Waals surface area contributed by atoms with Gasteiger partial charge < -0.3 is 4.74 Å². The first kappa shape index (κ1) is 17.1. The Morgan fingerprint density at radius 1 is 0.750 bits per heavy atom. The molecule has 1 aliphatic heterocycles. The van der Waals surface area contributed by atoms with Gasteiger partial charge in [-0.05, 0) is 6.42 Å². The number of epoxide rings is 1. The summed E-state index contributed by atoms with van der Waals surface area (Å²) in [6.45, 7) is 4.33. The summed E-state index contributed by atoms with van der Waals surface area (Å²) in [6.07, 6.45) is 14.3. The first-order valence-corrected chi connectivity index (χ1v) is 8.45. The first-order valence-electron chi connectivity index (χ1n) is 8.45. The highest BCUT2D eigenvalue weighted by molar-refractivity contribution is 5.12. The van der Waals surface area contributed by atoms with E-state index in [0.717, 1.165) is 12.8 Å². The molecule has 1 nitrogen and oxygen atoms in total. The molecule has 0 spiro atoms. The zero-order chi connectivity index (χ0) is 14.5. The second-order valence-electron chi connectivity index (χ2n) is 5.56. The van der Waals surface area contributed by atoms with Crippen LogP contribution in [0.2, 0.25) is 0 Å². The second-order valence-corrected chi connectivity index (χ2v) is 5.56. The smallest absolute Gasteiger partial charge is 0.0950 e. The molecule has 0 N–H and O–H groups in total. The van der Waals surface area contributed by atoms with Crippen LogP contribution in [-0.2, 0) is 4.74 Å². The summed E-state index contributed by atoms with van der Waals surface area (Å²) in [5.74, 6) is 12.4. The Labute approximate surface area is 125 Å². The molecule has 0 aromatic rings. The minimum Gasteiger partial charge on any atom is -0.369 e. The highest BCUT2D eigenvalue weighted by atomic mass is 16.6. The van der Waals surface area contributed by atoms with Crippen molar-refractivity contribution >= 4 is 0 Å². The minimum absolute atomic E-state index is 0.418. The summed E-state index contributed by atoms with van der Waals surface area (Å²) in [7, 11) is 0. The minimum atomic E-state index is 0.418. The van der Waals surface area contributed by atoms with Crippen molar-refractivity contribution in [1.29, 1.82) is 0 Å². The molecule has 2 atom stereocenters. The maximum absolute atomic E-state index is 5.65. The lowest BCUT2D eigenvalue weighted by Gasteiger charge is -1.99. The van der Waals surface area contributed by atoms with Crippen molar-refractivity contribution in [3.63, 3.8) is 0 Å². The summed E-state index contributed by atoms with van der Waals surface area (Å²) in [5.41, 5.74) is 0. The Kier molecular flexibility index (Phi) is 10.2. The molecule has 112 valence electrons. The van der Waals surface area contributed by atoms with Gasteiger partial charge in [0.2, 0.25) is 0 Å². The van der Waals surface area contributed by atoms with Gasteiger partial charge in [0.05, 0.1) is 18.6 Å². The van der Waals surface area contributed by atoms with Crippen LogP contribution in [0.1, 0.15) is 84.5 Å². The molecule has 1 heteroatoms. The van der Waals surface area contributed by atoms with E-state index in [4.69, 9.17) is 4.74 Å². The van der Waals surface area contributed by atoms with Crippen LogP contribution in [0.4, 0.5) is 0 Å².